The summed E-state index contributed by atoms with van der Waals surface area (Å²) in [7, 11) is 0. The Bertz CT molecular complexity index is 1220. The number of aromatic hydroxyl groups is 3. The number of aryl methyl sites for hydroxylation is 2. The zero-order valence-corrected chi connectivity index (χ0v) is 22.0. The predicted octanol–water partition coefficient (Wildman–Crippen LogP) is 6.60. The van der Waals surface area contributed by atoms with E-state index < -0.39 is 11.6 Å². The summed E-state index contributed by atoms with van der Waals surface area (Å²) in [5, 5.41) is 41.6. The lowest BCUT2D eigenvalue weighted by Crippen LogP contribution is -2.21. The second-order valence-corrected chi connectivity index (χ2v) is 10.2. The highest BCUT2D eigenvalue weighted by molar-refractivity contribution is 5.94. The van der Waals surface area contributed by atoms with Crippen molar-refractivity contribution in [2.75, 3.05) is 0 Å². The van der Waals surface area contributed by atoms with Gasteiger partial charge in [0.05, 0.1) is 5.60 Å². The molecule has 0 bridgehead atoms. The Kier molecular flexibility index (Phi) is 8.71. The third-order valence-electron chi connectivity index (χ3n) is 6.22. The highest BCUT2D eigenvalue weighted by Crippen LogP contribution is 2.35. The van der Waals surface area contributed by atoms with E-state index in [9.17, 15) is 25.2 Å². The summed E-state index contributed by atoms with van der Waals surface area (Å²) in [6, 6.07) is 12.5. The number of hydrogen-bond donors (Lipinski definition) is 4. The van der Waals surface area contributed by atoms with Gasteiger partial charge in [0.25, 0.3) is 0 Å². The van der Waals surface area contributed by atoms with Gasteiger partial charge >= 0.3 is 5.97 Å². The van der Waals surface area contributed by atoms with Crippen LogP contribution in [0.5, 0.6) is 28.7 Å². The number of benzene rings is 3. The minimum atomic E-state index is -1.17. The van der Waals surface area contributed by atoms with Crippen molar-refractivity contribution in [3.05, 3.63) is 76.3 Å². The molecule has 0 aliphatic heterocycles. The first kappa shape index (κ1) is 27.9. The van der Waals surface area contributed by atoms with Crippen LogP contribution in [-0.4, -0.2) is 26.4 Å². The first-order valence-corrected chi connectivity index (χ1v) is 12.4. The maximum atomic E-state index is 12.7. The van der Waals surface area contributed by atoms with Gasteiger partial charge in [0.1, 0.15) is 40.9 Å². The molecule has 0 aliphatic rings. The van der Waals surface area contributed by atoms with Crippen LogP contribution in [0.3, 0.4) is 0 Å². The van der Waals surface area contributed by atoms with Crippen molar-refractivity contribution < 1.29 is 34.7 Å². The fourth-order valence-electron chi connectivity index (χ4n) is 4.32. The molecular formula is C30H36O7. The monoisotopic (exact) mass is 508 g/mol. The van der Waals surface area contributed by atoms with Crippen LogP contribution in [0.15, 0.2) is 48.5 Å². The van der Waals surface area contributed by atoms with Crippen LogP contribution in [0, 0.1) is 19.8 Å². The van der Waals surface area contributed by atoms with Gasteiger partial charge in [-0.05, 0) is 80.5 Å². The van der Waals surface area contributed by atoms with Gasteiger partial charge in [0.2, 0.25) is 0 Å². The van der Waals surface area contributed by atoms with Crippen molar-refractivity contribution in [3.63, 3.8) is 0 Å². The lowest BCUT2D eigenvalue weighted by Gasteiger charge is -2.25. The number of rotatable bonds is 10. The topological polar surface area (TPSA) is 116 Å². The summed E-state index contributed by atoms with van der Waals surface area (Å²) in [5.41, 5.74) is 1.07. The fraction of sp³-hybridized carbons (Fsp3) is 0.367. The molecule has 0 amide bonds. The average molecular weight is 509 g/mol. The second-order valence-electron chi connectivity index (χ2n) is 10.2. The molecule has 0 heterocycles. The number of carbonyl (C=O) groups is 1. The summed E-state index contributed by atoms with van der Waals surface area (Å²) in [6.45, 7) is 9.29. The van der Waals surface area contributed by atoms with Crippen molar-refractivity contribution in [1.82, 2.24) is 0 Å². The van der Waals surface area contributed by atoms with Crippen LogP contribution in [0.4, 0.5) is 0 Å². The highest BCUT2D eigenvalue weighted by atomic mass is 16.5. The van der Waals surface area contributed by atoms with Crippen molar-refractivity contribution in [3.8, 4) is 28.7 Å². The molecule has 0 saturated heterocycles. The quantitative estimate of drug-likeness (QED) is 0.228. The van der Waals surface area contributed by atoms with Gasteiger partial charge in [-0.25, -0.2) is 4.79 Å². The largest absolute Gasteiger partial charge is 0.508 e. The zero-order valence-electron chi connectivity index (χ0n) is 22.0. The number of ether oxygens (including phenoxy) is 2. The molecule has 3 aromatic rings. The third-order valence-corrected chi connectivity index (χ3v) is 6.22. The van der Waals surface area contributed by atoms with E-state index >= 15 is 0 Å². The summed E-state index contributed by atoms with van der Waals surface area (Å²) in [5.74, 6) is 0.212. The summed E-state index contributed by atoms with van der Waals surface area (Å²) < 4.78 is 11.1. The summed E-state index contributed by atoms with van der Waals surface area (Å²) in [6.07, 6.45) is 2.35. The molecule has 1 atom stereocenters. The van der Waals surface area contributed by atoms with Crippen LogP contribution in [-0.2, 0) is 16.9 Å². The first-order chi connectivity index (χ1) is 17.4. The van der Waals surface area contributed by atoms with Gasteiger partial charge in [0, 0.05) is 17.7 Å². The third kappa shape index (κ3) is 7.40. The number of esters is 1. The average Bonchev–Trinajstić information content (AvgIpc) is 2.76. The van der Waals surface area contributed by atoms with Gasteiger partial charge in [-0.2, -0.15) is 0 Å². The second kappa shape index (κ2) is 11.6. The molecule has 0 spiro atoms. The lowest BCUT2D eigenvalue weighted by molar-refractivity contribution is 0.0410. The molecule has 0 radical (unpaired) electrons. The Morgan fingerprint density at radius 2 is 1.65 bits per heavy atom. The first-order valence-electron chi connectivity index (χ1n) is 12.4. The van der Waals surface area contributed by atoms with E-state index in [0.29, 0.717) is 40.5 Å². The van der Waals surface area contributed by atoms with Crippen LogP contribution in [0.1, 0.15) is 72.6 Å². The number of aliphatic hydroxyl groups is 1. The van der Waals surface area contributed by atoms with Gasteiger partial charge < -0.3 is 29.9 Å². The molecule has 0 aromatic heterocycles. The summed E-state index contributed by atoms with van der Waals surface area (Å²) >= 11 is 0. The molecular weight excluding hydrogens is 472 g/mol. The van der Waals surface area contributed by atoms with Crippen LogP contribution in [0.2, 0.25) is 0 Å². The Hall–Kier alpha value is -3.71. The molecule has 3 aromatic carbocycles. The minimum Gasteiger partial charge on any atom is -0.508 e. The molecule has 0 aliphatic carbocycles. The highest BCUT2D eigenvalue weighted by Gasteiger charge is 2.26. The minimum absolute atomic E-state index is 0.00775. The lowest BCUT2D eigenvalue weighted by atomic mass is 9.88. The SMILES string of the molecule is Cc1cc(O)cc(Oc2cc(C)c(C(=O)OCc3ccc([C@@](C)(O)CCCC(C)C)c(O)c3)c(O)c2)c1. The molecule has 0 saturated carbocycles. The van der Waals surface area contributed by atoms with Crippen LogP contribution >= 0.6 is 0 Å². The number of hydrogen-bond acceptors (Lipinski definition) is 7. The van der Waals surface area contributed by atoms with E-state index in [1.165, 1.54) is 18.2 Å². The Morgan fingerprint density at radius 3 is 2.27 bits per heavy atom. The fourth-order valence-corrected chi connectivity index (χ4v) is 4.32. The van der Waals surface area contributed by atoms with E-state index in [1.807, 2.05) is 6.92 Å². The molecule has 0 unspecified atom stereocenters. The molecule has 37 heavy (non-hydrogen) atoms. The molecule has 3 rings (SSSR count). The number of phenols is 3. The van der Waals surface area contributed by atoms with Crippen LogP contribution < -0.4 is 4.74 Å². The Balaban J connectivity index is 1.67. The standard InChI is InChI=1S/C30H36O7/c1-18(2)7-6-10-30(5,35)25-9-8-21(14-26(25)32)17-36-29(34)28-20(4)13-24(16-27(28)33)37-23-12-19(3)11-22(31)15-23/h8-9,11-16,18,31-33,35H,6-7,10,17H2,1-5H3/t30-/m0/s1. The van der Waals surface area contributed by atoms with Crippen molar-refractivity contribution in [1.29, 1.82) is 0 Å². The van der Waals surface area contributed by atoms with E-state index in [4.69, 9.17) is 9.47 Å². The van der Waals surface area contributed by atoms with Crippen molar-refractivity contribution in [2.24, 2.45) is 5.92 Å². The Labute approximate surface area is 217 Å². The maximum Gasteiger partial charge on any atom is 0.342 e. The summed E-state index contributed by atoms with van der Waals surface area (Å²) in [4.78, 5) is 12.7. The number of phenolic OH excluding ortho intramolecular Hbond substituents is 3. The smallest absolute Gasteiger partial charge is 0.342 e. The van der Waals surface area contributed by atoms with E-state index in [0.717, 1.165) is 18.4 Å². The normalized spacial score (nSPS) is 12.8. The van der Waals surface area contributed by atoms with E-state index in [1.54, 1.807) is 44.2 Å². The van der Waals surface area contributed by atoms with Gasteiger partial charge in [-0.3, -0.25) is 0 Å². The van der Waals surface area contributed by atoms with Crippen molar-refractivity contribution in [2.45, 2.75) is 66.1 Å². The molecule has 0 fully saturated rings. The molecule has 7 heteroatoms. The predicted molar refractivity (Wildman–Crippen MR) is 141 cm³/mol. The maximum absolute atomic E-state index is 12.7. The van der Waals surface area contributed by atoms with Gasteiger partial charge in [0.15, 0.2) is 0 Å². The number of carbonyl (C=O) groups excluding carboxylic acids is 1. The van der Waals surface area contributed by atoms with Crippen molar-refractivity contribution >= 4 is 5.97 Å². The van der Waals surface area contributed by atoms with E-state index in [-0.39, 0.29) is 29.4 Å². The van der Waals surface area contributed by atoms with E-state index in [2.05, 4.69) is 13.8 Å². The molecule has 198 valence electrons. The molecule has 7 nitrogen and oxygen atoms in total. The zero-order chi connectivity index (χ0) is 27.3. The van der Waals surface area contributed by atoms with Gasteiger partial charge in [-0.1, -0.05) is 32.4 Å². The van der Waals surface area contributed by atoms with Crippen LogP contribution in [0.25, 0.3) is 0 Å². The Morgan fingerprint density at radius 1 is 0.946 bits per heavy atom. The molecule has 4 N–H and O–H groups in total. The van der Waals surface area contributed by atoms with Gasteiger partial charge in [-0.15, -0.1) is 0 Å².